The molecule has 2 rings (SSSR count). The van der Waals surface area contributed by atoms with Gasteiger partial charge in [0.05, 0.1) is 4.92 Å². The first-order chi connectivity index (χ1) is 9.70. The average molecular weight is 272 g/mol. The van der Waals surface area contributed by atoms with Gasteiger partial charge in [0.15, 0.2) is 5.75 Å². The van der Waals surface area contributed by atoms with E-state index in [1.165, 1.54) is 6.07 Å². The van der Waals surface area contributed by atoms with Gasteiger partial charge in [0, 0.05) is 6.07 Å². The van der Waals surface area contributed by atoms with Crippen LogP contribution in [-0.2, 0) is 13.0 Å². The Labute approximate surface area is 117 Å². The Morgan fingerprint density at radius 1 is 1.10 bits per heavy atom. The molecule has 5 heteroatoms. The SMILES string of the molecule is NCCc1ccc([N+](=O)[O-])c(OCc2ccccc2)c1. The van der Waals surface area contributed by atoms with Crippen LogP contribution >= 0.6 is 0 Å². The van der Waals surface area contributed by atoms with Crippen LogP contribution in [0, 0.1) is 10.1 Å². The molecule has 2 aromatic carbocycles. The Balaban J connectivity index is 2.19. The van der Waals surface area contributed by atoms with Gasteiger partial charge in [0.25, 0.3) is 0 Å². The lowest BCUT2D eigenvalue weighted by molar-refractivity contribution is -0.386. The monoisotopic (exact) mass is 272 g/mol. The molecule has 20 heavy (non-hydrogen) atoms. The van der Waals surface area contributed by atoms with E-state index in [1.54, 1.807) is 12.1 Å². The van der Waals surface area contributed by atoms with Gasteiger partial charge in [-0.2, -0.15) is 0 Å². The average Bonchev–Trinajstić information content (AvgIpc) is 2.46. The highest BCUT2D eigenvalue weighted by molar-refractivity contribution is 5.48. The molecular formula is C15H16N2O3. The van der Waals surface area contributed by atoms with E-state index in [0.717, 1.165) is 11.1 Å². The summed E-state index contributed by atoms with van der Waals surface area (Å²) in [7, 11) is 0. The topological polar surface area (TPSA) is 78.4 Å². The zero-order chi connectivity index (χ0) is 14.4. The van der Waals surface area contributed by atoms with E-state index in [1.807, 2.05) is 30.3 Å². The summed E-state index contributed by atoms with van der Waals surface area (Å²) < 4.78 is 5.59. The molecule has 0 bridgehead atoms. The molecule has 0 aliphatic rings. The molecule has 0 unspecified atom stereocenters. The van der Waals surface area contributed by atoms with Crippen molar-refractivity contribution in [1.29, 1.82) is 0 Å². The molecule has 5 nitrogen and oxygen atoms in total. The van der Waals surface area contributed by atoms with Crippen molar-refractivity contribution in [3.05, 3.63) is 69.8 Å². The molecule has 104 valence electrons. The molecule has 0 heterocycles. The van der Waals surface area contributed by atoms with E-state index in [0.29, 0.717) is 19.6 Å². The number of benzene rings is 2. The maximum absolute atomic E-state index is 11.0. The maximum atomic E-state index is 11.0. The molecule has 0 fully saturated rings. The Bertz CT molecular complexity index is 585. The first kappa shape index (κ1) is 14.0. The van der Waals surface area contributed by atoms with Gasteiger partial charge >= 0.3 is 5.69 Å². The second-order valence-corrected chi connectivity index (χ2v) is 4.37. The summed E-state index contributed by atoms with van der Waals surface area (Å²) >= 11 is 0. The van der Waals surface area contributed by atoms with Gasteiger partial charge in [-0.15, -0.1) is 0 Å². The Kier molecular flexibility index (Phi) is 4.68. The predicted octanol–water partition coefficient (Wildman–Crippen LogP) is 2.68. The van der Waals surface area contributed by atoms with Gasteiger partial charge in [-0.3, -0.25) is 10.1 Å². The summed E-state index contributed by atoms with van der Waals surface area (Å²) in [5.74, 6) is 0.282. The van der Waals surface area contributed by atoms with Crippen LogP contribution < -0.4 is 10.5 Å². The maximum Gasteiger partial charge on any atom is 0.310 e. The van der Waals surface area contributed by atoms with Crippen LogP contribution in [0.2, 0.25) is 0 Å². The van der Waals surface area contributed by atoms with Crippen LogP contribution in [-0.4, -0.2) is 11.5 Å². The van der Waals surface area contributed by atoms with Gasteiger partial charge in [-0.1, -0.05) is 36.4 Å². The van der Waals surface area contributed by atoms with Gasteiger partial charge in [-0.25, -0.2) is 0 Å². The molecular weight excluding hydrogens is 256 g/mol. The molecule has 0 aliphatic heterocycles. The van der Waals surface area contributed by atoms with Crippen molar-refractivity contribution in [1.82, 2.24) is 0 Å². The number of ether oxygens (including phenoxy) is 1. The van der Waals surface area contributed by atoms with E-state index in [4.69, 9.17) is 10.5 Å². The van der Waals surface area contributed by atoms with Gasteiger partial charge in [-0.05, 0) is 30.2 Å². The summed E-state index contributed by atoms with van der Waals surface area (Å²) in [5.41, 5.74) is 7.37. The molecule has 0 saturated heterocycles. The molecule has 0 aromatic heterocycles. The first-order valence-corrected chi connectivity index (χ1v) is 6.35. The third kappa shape index (κ3) is 3.55. The molecule has 0 amide bonds. The summed E-state index contributed by atoms with van der Waals surface area (Å²) in [4.78, 5) is 10.6. The van der Waals surface area contributed by atoms with E-state index in [-0.39, 0.29) is 11.4 Å². The van der Waals surface area contributed by atoms with E-state index >= 15 is 0 Å². The fourth-order valence-corrected chi connectivity index (χ4v) is 1.88. The Morgan fingerprint density at radius 3 is 2.50 bits per heavy atom. The minimum atomic E-state index is -0.438. The Hall–Kier alpha value is -2.40. The lowest BCUT2D eigenvalue weighted by atomic mass is 10.1. The van der Waals surface area contributed by atoms with Crippen LogP contribution in [0.3, 0.4) is 0 Å². The molecule has 0 aliphatic carbocycles. The van der Waals surface area contributed by atoms with E-state index in [9.17, 15) is 10.1 Å². The Morgan fingerprint density at radius 2 is 1.85 bits per heavy atom. The van der Waals surface area contributed by atoms with Crippen molar-refractivity contribution in [2.45, 2.75) is 13.0 Å². The second-order valence-electron chi connectivity index (χ2n) is 4.37. The highest BCUT2D eigenvalue weighted by atomic mass is 16.6. The standard InChI is InChI=1S/C15H16N2O3/c16-9-8-12-6-7-14(17(18)19)15(10-12)20-11-13-4-2-1-3-5-13/h1-7,10H,8-9,11,16H2. The van der Waals surface area contributed by atoms with Crippen molar-refractivity contribution in [2.24, 2.45) is 5.73 Å². The first-order valence-electron chi connectivity index (χ1n) is 6.35. The number of rotatable bonds is 6. The van der Waals surface area contributed by atoms with Gasteiger partial charge < -0.3 is 10.5 Å². The molecule has 2 N–H and O–H groups in total. The third-order valence-corrected chi connectivity index (χ3v) is 2.89. The molecule has 0 radical (unpaired) electrons. The predicted molar refractivity (Wildman–Crippen MR) is 76.6 cm³/mol. The van der Waals surface area contributed by atoms with E-state index < -0.39 is 4.92 Å². The number of hydrogen-bond acceptors (Lipinski definition) is 4. The van der Waals surface area contributed by atoms with Crippen molar-refractivity contribution in [3.8, 4) is 5.75 Å². The highest BCUT2D eigenvalue weighted by Crippen LogP contribution is 2.28. The zero-order valence-electron chi connectivity index (χ0n) is 11.0. The van der Waals surface area contributed by atoms with Crippen molar-refractivity contribution >= 4 is 5.69 Å². The normalized spacial score (nSPS) is 10.2. The summed E-state index contributed by atoms with van der Waals surface area (Å²) in [6.07, 6.45) is 0.666. The van der Waals surface area contributed by atoms with Crippen LogP contribution in [0.25, 0.3) is 0 Å². The van der Waals surface area contributed by atoms with E-state index in [2.05, 4.69) is 0 Å². The van der Waals surface area contributed by atoms with Crippen LogP contribution in [0.15, 0.2) is 48.5 Å². The van der Waals surface area contributed by atoms with Crippen LogP contribution in [0.5, 0.6) is 5.75 Å². The van der Waals surface area contributed by atoms with Gasteiger partial charge in [0.1, 0.15) is 6.61 Å². The van der Waals surface area contributed by atoms with Crippen LogP contribution in [0.1, 0.15) is 11.1 Å². The smallest absolute Gasteiger partial charge is 0.310 e. The largest absolute Gasteiger partial charge is 0.482 e. The van der Waals surface area contributed by atoms with Crippen LogP contribution in [0.4, 0.5) is 5.69 Å². The minimum Gasteiger partial charge on any atom is -0.482 e. The molecule has 0 spiro atoms. The summed E-state index contributed by atoms with van der Waals surface area (Å²) in [5, 5.41) is 11.0. The van der Waals surface area contributed by atoms with Crippen molar-refractivity contribution in [3.63, 3.8) is 0 Å². The number of nitrogens with zero attached hydrogens (tertiary/aromatic N) is 1. The fourth-order valence-electron chi connectivity index (χ4n) is 1.88. The second kappa shape index (κ2) is 6.68. The minimum absolute atomic E-state index is 0.0262. The number of nitrogens with two attached hydrogens (primary N) is 1. The van der Waals surface area contributed by atoms with Crippen molar-refractivity contribution in [2.75, 3.05) is 6.54 Å². The highest BCUT2D eigenvalue weighted by Gasteiger charge is 2.15. The van der Waals surface area contributed by atoms with Gasteiger partial charge in [0.2, 0.25) is 0 Å². The quantitative estimate of drug-likeness (QED) is 0.647. The summed E-state index contributed by atoms with van der Waals surface area (Å²) in [6.45, 7) is 0.795. The fraction of sp³-hybridized carbons (Fsp3) is 0.200. The lowest BCUT2D eigenvalue weighted by Gasteiger charge is -2.08. The van der Waals surface area contributed by atoms with Crippen molar-refractivity contribution < 1.29 is 9.66 Å². The number of nitro groups is 1. The molecule has 0 saturated carbocycles. The molecule has 2 aromatic rings. The third-order valence-electron chi connectivity index (χ3n) is 2.89. The molecule has 0 atom stereocenters. The number of nitro benzene ring substituents is 1. The lowest BCUT2D eigenvalue weighted by Crippen LogP contribution is -2.04. The summed E-state index contributed by atoms with van der Waals surface area (Å²) in [6, 6.07) is 14.4. The zero-order valence-corrected chi connectivity index (χ0v) is 11.0. The number of hydrogen-bond donors (Lipinski definition) is 1.